The van der Waals surface area contributed by atoms with Gasteiger partial charge in [0.1, 0.15) is 17.9 Å². The highest BCUT2D eigenvalue weighted by Gasteiger charge is 2.46. The van der Waals surface area contributed by atoms with E-state index in [0.717, 1.165) is 100 Å². The zero-order valence-electron chi connectivity index (χ0n) is 32.5. The van der Waals surface area contributed by atoms with Crippen LogP contribution in [0.25, 0.3) is 0 Å². The van der Waals surface area contributed by atoms with Crippen LogP contribution in [0.15, 0.2) is 54.7 Å². The Kier molecular flexibility index (Phi) is 9.60. The average molecular weight is 790 g/mol. The van der Waals surface area contributed by atoms with Gasteiger partial charge in [-0.2, -0.15) is 5.26 Å². The molecule has 2 aromatic carbocycles. The number of aromatic nitrogens is 1. The number of imide groups is 2. The van der Waals surface area contributed by atoms with Gasteiger partial charge in [-0.1, -0.05) is 11.6 Å². The molecule has 0 radical (unpaired) electrons. The van der Waals surface area contributed by atoms with Gasteiger partial charge in [-0.15, -0.1) is 0 Å². The lowest BCUT2D eigenvalue weighted by Crippen LogP contribution is -2.61. The van der Waals surface area contributed by atoms with E-state index in [4.69, 9.17) is 16.6 Å². The van der Waals surface area contributed by atoms with Crippen molar-refractivity contribution < 1.29 is 19.2 Å². The van der Waals surface area contributed by atoms with Gasteiger partial charge >= 0.3 is 0 Å². The molecule has 7 heterocycles. The number of likely N-dealkylation sites (N-methyl/N-ethyl adjacent to an activating group) is 1. The van der Waals surface area contributed by atoms with Crippen LogP contribution in [0.4, 0.5) is 22.9 Å². The van der Waals surface area contributed by atoms with E-state index in [1.165, 1.54) is 5.69 Å². The van der Waals surface area contributed by atoms with Crippen LogP contribution in [0, 0.1) is 16.7 Å². The lowest BCUT2D eigenvalue weighted by molar-refractivity contribution is -0.136. The van der Waals surface area contributed by atoms with Crippen LogP contribution < -0.4 is 24.9 Å². The predicted octanol–water partition coefficient (Wildman–Crippen LogP) is 4.68. The molecule has 2 atom stereocenters. The van der Waals surface area contributed by atoms with Crippen molar-refractivity contribution in [2.45, 2.75) is 76.0 Å². The first-order valence-corrected chi connectivity index (χ1v) is 20.6. The molecule has 9 rings (SSSR count). The fourth-order valence-electron chi connectivity index (χ4n) is 10.2. The Morgan fingerprint density at radius 1 is 0.842 bits per heavy atom. The van der Waals surface area contributed by atoms with Crippen molar-refractivity contribution in [2.24, 2.45) is 5.41 Å². The van der Waals surface area contributed by atoms with Gasteiger partial charge in [0.05, 0.1) is 33.6 Å². The zero-order valence-corrected chi connectivity index (χ0v) is 33.2. The van der Waals surface area contributed by atoms with Gasteiger partial charge in [0.2, 0.25) is 11.8 Å². The molecule has 14 heteroatoms. The normalized spacial score (nSPS) is 24.0. The van der Waals surface area contributed by atoms with Crippen LogP contribution in [0.5, 0.6) is 0 Å². The number of pyridine rings is 1. The van der Waals surface area contributed by atoms with Crippen molar-refractivity contribution in [3.8, 4) is 6.07 Å². The van der Waals surface area contributed by atoms with Gasteiger partial charge in [0.15, 0.2) is 0 Å². The summed E-state index contributed by atoms with van der Waals surface area (Å²) in [6, 6.07) is 18.0. The molecule has 0 bridgehead atoms. The molecule has 0 saturated carbocycles. The largest absolute Gasteiger partial charge is 0.370 e. The highest BCUT2D eigenvalue weighted by molar-refractivity contribution is 6.32. The summed E-state index contributed by atoms with van der Waals surface area (Å²) in [6.45, 7) is 8.91. The Hall–Kier alpha value is -5.19. The molecule has 6 aliphatic rings. The second-order valence-corrected chi connectivity index (χ2v) is 17.3. The summed E-state index contributed by atoms with van der Waals surface area (Å²) in [5, 5.41) is 12.1. The van der Waals surface area contributed by atoms with Crippen LogP contribution >= 0.6 is 11.6 Å². The van der Waals surface area contributed by atoms with Crippen molar-refractivity contribution >= 4 is 58.1 Å². The van der Waals surface area contributed by atoms with E-state index in [0.29, 0.717) is 39.8 Å². The van der Waals surface area contributed by atoms with Crippen molar-refractivity contribution in [1.29, 1.82) is 5.26 Å². The maximum absolute atomic E-state index is 13.3. The third-order valence-corrected chi connectivity index (χ3v) is 14.0. The minimum absolute atomic E-state index is 0.0992. The minimum atomic E-state index is -0.964. The standard InChI is InChI=1S/C43H48ClN9O4/c1-27-21-43(26-52(27)31-4-3-28(22-45)36(44)20-31)13-17-49(18-14-43)32-6-9-38(46-23-32)50-15-11-29(12-16-50)48(2)33-24-51(25-33)30-5-7-34-35(19-30)42(57)53(41(34)56)37-8-10-39(54)47-40(37)55/h3-7,9,19-20,23,27,29,33,37H,8,10-18,21,24-26H2,1-2H3,(H,47,54,55)/t27-,37?/m0/s1. The molecule has 13 nitrogen and oxygen atoms in total. The summed E-state index contributed by atoms with van der Waals surface area (Å²) in [7, 11) is 2.22. The molecular formula is C43H48ClN9O4. The molecule has 5 saturated heterocycles. The summed E-state index contributed by atoms with van der Waals surface area (Å²) in [6.07, 6.45) is 7.84. The minimum Gasteiger partial charge on any atom is -0.370 e. The topological polar surface area (TPSA) is 136 Å². The summed E-state index contributed by atoms with van der Waals surface area (Å²) < 4.78 is 0. The van der Waals surface area contributed by atoms with E-state index in [9.17, 15) is 24.4 Å². The van der Waals surface area contributed by atoms with E-state index in [2.05, 4.69) is 62.0 Å². The number of anilines is 4. The fourth-order valence-corrected chi connectivity index (χ4v) is 10.4. The van der Waals surface area contributed by atoms with E-state index < -0.39 is 23.8 Å². The first kappa shape index (κ1) is 37.4. The van der Waals surface area contributed by atoms with Gasteiger partial charge in [-0.05, 0) is 106 Å². The highest BCUT2D eigenvalue weighted by atomic mass is 35.5. The molecule has 1 spiro atoms. The zero-order chi connectivity index (χ0) is 39.6. The molecule has 1 N–H and O–H groups in total. The fraction of sp³-hybridized carbons (Fsp3) is 0.488. The Morgan fingerprint density at radius 2 is 1.56 bits per heavy atom. The third kappa shape index (κ3) is 6.76. The maximum atomic E-state index is 13.3. The number of halogens is 1. The summed E-state index contributed by atoms with van der Waals surface area (Å²) in [5.74, 6) is -0.909. The van der Waals surface area contributed by atoms with Gasteiger partial charge in [0.25, 0.3) is 11.8 Å². The number of nitriles is 1. The van der Waals surface area contributed by atoms with E-state index in [1.807, 2.05) is 30.5 Å². The molecule has 4 amide bonds. The van der Waals surface area contributed by atoms with Crippen molar-refractivity contribution in [1.82, 2.24) is 20.1 Å². The number of hydrogen-bond donors (Lipinski definition) is 1. The second-order valence-electron chi connectivity index (χ2n) is 16.9. The molecule has 57 heavy (non-hydrogen) atoms. The quantitative estimate of drug-likeness (QED) is 0.335. The number of hydrogen-bond acceptors (Lipinski definition) is 11. The van der Waals surface area contributed by atoms with Crippen molar-refractivity contribution in [3.63, 3.8) is 0 Å². The van der Waals surface area contributed by atoms with Gasteiger partial charge in [-0.25, -0.2) is 4.98 Å². The number of nitrogens with zero attached hydrogens (tertiary/aromatic N) is 8. The SMILES string of the molecule is C[C@H]1CC2(CCN(c3ccc(N4CCC(N(C)C5CN(c6ccc7c(c6)C(=O)N(C6CCC(=O)NC6=O)C7=O)C5)CC4)nc3)CC2)CN1c1ccc(C#N)c(Cl)c1. The molecule has 0 aliphatic carbocycles. The molecule has 296 valence electrons. The van der Waals surface area contributed by atoms with E-state index in [-0.39, 0.29) is 24.2 Å². The van der Waals surface area contributed by atoms with Gasteiger partial charge in [0, 0.05) is 81.7 Å². The number of fused-ring (bicyclic) bond motifs is 1. The Balaban J connectivity index is 0.739. The molecule has 3 aromatic rings. The first-order chi connectivity index (χ1) is 27.5. The van der Waals surface area contributed by atoms with Gasteiger partial charge in [-0.3, -0.25) is 34.3 Å². The average Bonchev–Trinajstić information content (AvgIpc) is 3.65. The highest BCUT2D eigenvalue weighted by Crippen LogP contribution is 2.46. The van der Waals surface area contributed by atoms with Crippen molar-refractivity contribution in [2.75, 3.05) is 72.5 Å². The second kappa shape index (κ2) is 14.6. The molecule has 1 unspecified atom stereocenters. The lowest BCUT2D eigenvalue weighted by atomic mass is 9.76. The number of carbonyl (C=O) groups is 4. The Labute approximate surface area is 338 Å². The van der Waals surface area contributed by atoms with E-state index in [1.54, 1.807) is 12.1 Å². The van der Waals surface area contributed by atoms with Gasteiger partial charge < -0.3 is 19.6 Å². The molecule has 1 aromatic heterocycles. The smallest absolute Gasteiger partial charge is 0.262 e. The Bertz CT molecular complexity index is 2150. The summed E-state index contributed by atoms with van der Waals surface area (Å²) in [4.78, 5) is 68.5. The lowest BCUT2D eigenvalue weighted by Gasteiger charge is -2.49. The predicted molar refractivity (Wildman–Crippen MR) is 218 cm³/mol. The molecule has 5 fully saturated rings. The number of carbonyl (C=O) groups excluding carboxylic acids is 4. The van der Waals surface area contributed by atoms with Crippen LogP contribution in [-0.4, -0.2) is 115 Å². The van der Waals surface area contributed by atoms with Crippen LogP contribution in [-0.2, 0) is 9.59 Å². The molecular weight excluding hydrogens is 742 g/mol. The maximum Gasteiger partial charge on any atom is 0.262 e. The van der Waals surface area contributed by atoms with Crippen LogP contribution in [0.1, 0.15) is 78.1 Å². The number of rotatable bonds is 7. The number of nitrogens with one attached hydrogen (secondary N) is 1. The van der Waals surface area contributed by atoms with Crippen LogP contribution in [0.3, 0.4) is 0 Å². The monoisotopic (exact) mass is 789 g/mol. The van der Waals surface area contributed by atoms with Crippen LogP contribution in [0.2, 0.25) is 5.02 Å². The van der Waals surface area contributed by atoms with E-state index >= 15 is 0 Å². The summed E-state index contributed by atoms with van der Waals surface area (Å²) in [5.41, 5.74) is 4.60. The Morgan fingerprint density at radius 3 is 2.25 bits per heavy atom. The summed E-state index contributed by atoms with van der Waals surface area (Å²) >= 11 is 6.39. The molecule has 6 aliphatic heterocycles. The number of piperidine rings is 3. The third-order valence-electron chi connectivity index (χ3n) is 13.7. The number of amides is 4. The first-order valence-electron chi connectivity index (χ1n) is 20.3. The van der Waals surface area contributed by atoms with Crippen molar-refractivity contribution in [3.05, 3.63) is 76.4 Å². The number of benzene rings is 2.